The highest BCUT2D eigenvalue weighted by atomic mass is 32.2. The number of H-pyrrole nitrogens is 1. The highest BCUT2D eigenvalue weighted by Crippen LogP contribution is 2.18. The van der Waals surface area contributed by atoms with Gasteiger partial charge in [-0.2, -0.15) is 0 Å². The van der Waals surface area contributed by atoms with Gasteiger partial charge in [0, 0.05) is 23.5 Å². The van der Waals surface area contributed by atoms with Crippen molar-refractivity contribution in [1.82, 2.24) is 4.98 Å². The van der Waals surface area contributed by atoms with Crippen molar-refractivity contribution < 1.29 is 18.7 Å². The molecule has 1 atom stereocenters. The predicted octanol–water partition coefficient (Wildman–Crippen LogP) is 1.74. The van der Waals surface area contributed by atoms with E-state index in [1.807, 2.05) is 30.5 Å². The second kappa shape index (κ2) is 9.28. The van der Waals surface area contributed by atoms with Crippen LogP contribution in [0, 0.1) is 0 Å². The van der Waals surface area contributed by atoms with Crippen LogP contribution in [0.3, 0.4) is 0 Å². The fourth-order valence-corrected chi connectivity index (χ4v) is 2.20. The van der Waals surface area contributed by atoms with E-state index in [1.54, 1.807) is 0 Å². The van der Waals surface area contributed by atoms with Crippen LogP contribution in [0.1, 0.15) is 18.4 Å². The van der Waals surface area contributed by atoms with Crippen LogP contribution in [0.15, 0.2) is 30.5 Å². The van der Waals surface area contributed by atoms with Crippen LogP contribution in [-0.2, 0) is 22.3 Å². The van der Waals surface area contributed by atoms with E-state index in [1.165, 1.54) is 0 Å². The molecule has 0 aliphatic carbocycles. The van der Waals surface area contributed by atoms with Crippen LogP contribution in [-0.4, -0.2) is 37.1 Å². The van der Waals surface area contributed by atoms with E-state index in [2.05, 4.69) is 4.98 Å². The Morgan fingerprint density at radius 2 is 2.05 bits per heavy atom. The normalized spacial score (nSPS) is 11.7. The standard InChI is InChI=1S/C11H11NO2.C3H9NO2S/c13-11(14)6-5-8-7-12-10-4-2-1-3-9(8)10;4-2-1-3-7(5)6/h1-4,7,12H,5-6H2,(H,13,14);1-4H2,(H,5,6). The van der Waals surface area contributed by atoms with Crippen LogP contribution >= 0.6 is 0 Å². The number of nitrogens with two attached hydrogens (primary N) is 1. The minimum absolute atomic E-state index is 0.182. The van der Waals surface area contributed by atoms with Gasteiger partial charge in [0.2, 0.25) is 0 Å². The third-order valence-electron chi connectivity index (χ3n) is 2.81. The van der Waals surface area contributed by atoms with Crippen molar-refractivity contribution in [3.05, 3.63) is 36.0 Å². The van der Waals surface area contributed by atoms with Crippen molar-refractivity contribution >= 4 is 28.0 Å². The van der Waals surface area contributed by atoms with E-state index in [9.17, 15) is 9.00 Å². The Kier molecular flexibility index (Phi) is 7.66. The van der Waals surface area contributed by atoms with Crippen molar-refractivity contribution in [3.8, 4) is 0 Å². The molecule has 1 aromatic heterocycles. The van der Waals surface area contributed by atoms with E-state index in [0.717, 1.165) is 16.5 Å². The summed E-state index contributed by atoms with van der Waals surface area (Å²) in [5.74, 6) is -0.452. The number of carbonyl (C=O) groups is 1. The Bertz CT molecular complexity index is 597. The Hall–Kier alpha value is -1.70. The number of para-hydroxylation sites is 1. The Morgan fingerprint density at radius 3 is 2.62 bits per heavy atom. The van der Waals surface area contributed by atoms with E-state index in [4.69, 9.17) is 15.4 Å². The molecule has 2 rings (SSSR count). The second-order valence-electron chi connectivity index (χ2n) is 4.42. The molecule has 116 valence electrons. The molecule has 0 saturated heterocycles. The fraction of sp³-hybridized carbons (Fsp3) is 0.357. The summed E-state index contributed by atoms with van der Waals surface area (Å²) in [6, 6.07) is 7.91. The third kappa shape index (κ3) is 6.52. The largest absolute Gasteiger partial charge is 0.481 e. The van der Waals surface area contributed by atoms with Gasteiger partial charge in [-0.1, -0.05) is 18.2 Å². The summed E-state index contributed by atoms with van der Waals surface area (Å²) in [5, 5.41) is 9.69. The Labute approximate surface area is 125 Å². The number of hydrogen-bond acceptors (Lipinski definition) is 3. The van der Waals surface area contributed by atoms with Gasteiger partial charge < -0.3 is 20.4 Å². The maximum atomic E-state index is 10.4. The van der Waals surface area contributed by atoms with Gasteiger partial charge in [0.25, 0.3) is 0 Å². The number of hydrogen-bond donors (Lipinski definition) is 4. The second-order valence-corrected chi connectivity index (χ2v) is 5.47. The molecule has 5 N–H and O–H groups in total. The number of fused-ring (bicyclic) bond motifs is 1. The lowest BCUT2D eigenvalue weighted by Crippen LogP contribution is -2.04. The summed E-state index contributed by atoms with van der Waals surface area (Å²) in [7, 11) is 0. The first-order chi connectivity index (χ1) is 10.0. The number of rotatable bonds is 6. The maximum absolute atomic E-state index is 10.4. The number of carboxylic acid groups (broad SMARTS) is 1. The zero-order valence-corrected chi connectivity index (χ0v) is 12.4. The van der Waals surface area contributed by atoms with Crippen LogP contribution in [0.25, 0.3) is 10.9 Å². The first-order valence-corrected chi connectivity index (χ1v) is 7.86. The van der Waals surface area contributed by atoms with Gasteiger partial charge in [-0.3, -0.25) is 4.79 Å². The summed E-state index contributed by atoms with van der Waals surface area (Å²) < 4.78 is 17.9. The Morgan fingerprint density at radius 1 is 1.33 bits per heavy atom. The number of benzene rings is 1. The monoisotopic (exact) mass is 312 g/mol. The van der Waals surface area contributed by atoms with E-state index < -0.39 is 17.0 Å². The van der Waals surface area contributed by atoms with Gasteiger partial charge in [0.1, 0.15) is 0 Å². The summed E-state index contributed by atoms with van der Waals surface area (Å²) in [6.07, 6.45) is 3.28. The molecule has 7 heteroatoms. The van der Waals surface area contributed by atoms with Crippen molar-refractivity contribution in [3.63, 3.8) is 0 Å². The first kappa shape index (κ1) is 17.4. The number of carboxylic acids is 1. The molecule has 6 nitrogen and oxygen atoms in total. The predicted molar refractivity (Wildman–Crippen MR) is 83.6 cm³/mol. The lowest BCUT2D eigenvalue weighted by atomic mass is 10.1. The van der Waals surface area contributed by atoms with Gasteiger partial charge >= 0.3 is 5.97 Å². The highest BCUT2D eigenvalue weighted by Gasteiger charge is 2.04. The quantitative estimate of drug-likeness (QED) is 0.606. The molecule has 0 aliphatic heterocycles. The molecule has 0 spiro atoms. The zero-order chi connectivity index (χ0) is 15.7. The minimum Gasteiger partial charge on any atom is -0.481 e. The molecule has 0 saturated carbocycles. The Balaban J connectivity index is 0.000000270. The molecule has 0 bridgehead atoms. The molecule has 1 heterocycles. The summed E-state index contributed by atoms with van der Waals surface area (Å²) in [4.78, 5) is 13.5. The van der Waals surface area contributed by atoms with Crippen LogP contribution in [0.2, 0.25) is 0 Å². The lowest BCUT2D eigenvalue weighted by molar-refractivity contribution is -0.136. The summed E-state index contributed by atoms with van der Waals surface area (Å²) >= 11 is -1.65. The van der Waals surface area contributed by atoms with Gasteiger partial charge in [-0.15, -0.1) is 0 Å². The summed E-state index contributed by atoms with van der Waals surface area (Å²) in [5.41, 5.74) is 7.17. The molecule has 1 unspecified atom stereocenters. The van der Waals surface area contributed by atoms with Crippen LogP contribution in [0.4, 0.5) is 0 Å². The number of aliphatic carboxylic acids is 1. The van der Waals surface area contributed by atoms with Gasteiger partial charge in [-0.05, 0) is 31.0 Å². The number of aromatic nitrogens is 1. The van der Waals surface area contributed by atoms with Crippen LogP contribution < -0.4 is 5.73 Å². The molecule has 0 fully saturated rings. The van der Waals surface area contributed by atoms with Gasteiger partial charge in [-0.25, -0.2) is 4.21 Å². The van der Waals surface area contributed by atoms with E-state index in [-0.39, 0.29) is 6.42 Å². The van der Waals surface area contributed by atoms with Crippen LogP contribution in [0.5, 0.6) is 0 Å². The molecule has 2 aromatic rings. The van der Waals surface area contributed by atoms with Gasteiger partial charge in [0.05, 0.1) is 5.75 Å². The van der Waals surface area contributed by atoms with Crippen molar-refractivity contribution in [2.24, 2.45) is 5.73 Å². The molecule has 0 amide bonds. The lowest BCUT2D eigenvalue weighted by Gasteiger charge is -1.95. The topological polar surface area (TPSA) is 116 Å². The van der Waals surface area contributed by atoms with Crippen molar-refractivity contribution in [2.45, 2.75) is 19.3 Å². The average Bonchev–Trinajstić information content (AvgIpc) is 2.87. The minimum atomic E-state index is -1.65. The van der Waals surface area contributed by atoms with Gasteiger partial charge in [0.15, 0.2) is 11.1 Å². The first-order valence-electron chi connectivity index (χ1n) is 6.59. The van der Waals surface area contributed by atoms with E-state index >= 15 is 0 Å². The summed E-state index contributed by atoms with van der Waals surface area (Å²) in [6.45, 7) is 0.492. The zero-order valence-electron chi connectivity index (χ0n) is 11.6. The molecule has 1 aromatic carbocycles. The molecule has 21 heavy (non-hydrogen) atoms. The molecular formula is C14H20N2O4S. The maximum Gasteiger partial charge on any atom is 0.303 e. The number of aromatic amines is 1. The molecule has 0 aliphatic rings. The highest BCUT2D eigenvalue weighted by molar-refractivity contribution is 7.79. The molecular weight excluding hydrogens is 292 g/mol. The average molecular weight is 312 g/mol. The van der Waals surface area contributed by atoms with Crippen molar-refractivity contribution in [2.75, 3.05) is 12.3 Å². The molecule has 0 radical (unpaired) electrons. The fourth-order valence-electron chi connectivity index (χ4n) is 1.79. The third-order valence-corrected chi connectivity index (χ3v) is 3.44. The number of aryl methyl sites for hydroxylation is 1. The van der Waals surface area contributed by atoms with E-state index in [0.29, 0.717) is 25.1 Å². The smallest absolute Gasteiger partial charge is 0.303 e. The SMILES string of the molecule is NCCCS(=O)O.O=C(O)CCc1c[nH]c2ccccc12. The number of nitrogens with one attached hydrogen (secondary N) is 1. The van der Waals surface area contributed by atoms with Crippen molar-refractivity contribution in [1.29, 1.82) is 0 Å².